The van der Waals surface area contributed by atoms with E-state index in [4.69, 9.17) is 14.5 Å². The monoisotopic (exact) mass is 602 g/mol. The second kappa shape index (κ2) is 12.5. The van der Waals surface area contributed by atoms with Gasteiger partial charge in [-0.1, -0.05) is 49.1 Å². The van der Waals surface area contributed by atoms with Crippen LogP contribution in [0.15, 0.2) is 75.0 Å². The molecule has 0 spiro atoms. The van der Waals surface area contributed by atoms with Crippen LogP contribution in [0.4, 0.5) is 5.69 Å². The summed E-state index contributed by atoms with van der Waals surface area (Å²) in [4.78, 5) is 30.8. The Labute approximate surface area is 241 Å². The standard InChI is InChI=1S/C31H31BrN4O4/c1-20-12-14-23(15-13-20)34-29(37)19-40-28-17-25(32)22(16-27(28)39-2)18-33-36-30(21-8-4-3-5-9-21)35-26-11-7-6-10-24(26)31(36)38/h6-7,10-18,21H,3-5,8-9,19H2,1-2H3,(H,34,37). The first-order valence-corrected chi connectivity index (χ1v) is 14.1. The first-order valence-electron chi connectivity index (χ1n) is 13.4. The third-order valence-electron chi connectivity index (χ3n) is 7.04. The van der Waals surface area contributed by atoms with Gasteiger partial charge in [-0.25, -0.2) is 4.98 Å². The highest BCUT2D eigenvalue weighted by atomic mass is 79.9. The van der Waals surface area contributed by atoms with E-state index in [1.807, 2.05) is 49.4 Å². The van der Waals surface area contributed by atoms with E-state index in [1.165, 1.54) is 18.2 Å². The summed E-state index contributed by atoms with van der Waals surface area (Å²) in [6.07, 6.45) is 7.02. The van der Waals surface area contributed by atoms with Gasteiger partial charge in [0.1, 0.15) is 5.82 Å². The summed E-state index contributed by atoms with van der Waals surface area (Å²) in [5, 5.41) is 7.97. The summed E-state index contributed by atoms with van der Waals surface area (Å²) in [6, 6.07) is 18.4. The number of hydrogen-bond acceptors (Lipinski definition) is 6. The highest BCUT2D eigenvalue weighted by molar-refractivity contribution is 9.10. The lowest BCUT2D eigenvalue weighted by Crippen LogP contribution is -2.25. The summed E-state index contributed by atoms with van der Waals surface area (Å²) in [5.74, 6) is 1.43. The second-order valence-electron chi connectivity index (χ2n) is 9.91. The topological polar surface area (TPSA) is 94.8 Å². The van der Waals surface area contributed by atoms with E-state index in [2.05, 4.69) is 26.3 Å². The van der Waals surface area contributed by atoms with Crippen LogP contribution in [0.2, 0.25) is 0 Å². The molecule has 1 amide bonds. The molecule has 9 heteroatoms. The van der Waals surface area contributed by atoms with Gasteiger partial charge in [-0.15, -0.1) is 0 Å². The first-order chi connectivity index (χ1) is 19.4. The molecule has 206 valence electrons. The molecule has 0 aliphatic heterocycles. The quantitative estimate of drug-likeness (QED) is 0.235. The number of carbonyl (C=O) groups is 1. The lowest BCUT2D eigenvalue weighted by molar-refractivity contribution is -0.118. The Morgan fingerprint density at radius 1 is 1.10 bits per heavy atom. The number of nitrogens with zero attached hydrogens (tertiary/aromatic N) is 3. The van der Waals surface area contributed by atoms with Gasteiger partial charge in [0, 0.05) is 21.6 Å². The number of hydrogen-bond donors (Lipinski definition) is 1. The van der Waals surface area contributed by atoms with E-state index in [1.54, 1.807) is 24.4 Å². The number of amides is 1. The summed E-state index contributed by atoms with van der Waals surface area (Å²) >= 11 is 3.57. The van der Waals surface area contributed by atoms with Gasteiger partial charge in [-0.2, -0.15) is 9.78 Å². The second-order valence-corrected chi connectivity index (χ2v) is 10.8. The van der Waals surface area contributed by atoms with Crippen molar-refractivity contribution in [2.24, 2.45) is 5.10 Å². The molecule has 40 heavy (non-hydrogen) atoms. The van der Waals surface area contributed by atoms with Crippen LogP contribution in [-0.4, -0.2) is 35.5 Å². The van der Waals surface area contributed by atoms with Gasteiger partial charge >= 0.3 is 0 Å². The maximum absolute atomic E-state index is 13.5. The number of benzene rings is 3. The summed E-state index contributed by atoms with van der Waals surface area (Å²) < 4.78 is 13.4. The molecular formula is C31H31BrN4O4. The largest absolute Gasteiger partial charge is 0.493 e. The van der Waals surface area contributed by atoms with Crippen LogP contribution in [0, 0.1) is 6.92 Å². The molecule has 1 aromatic heterocycles. The molecule has 0 radical (unpaired) electrons. The van der Waals surface area contributed by atoms with E-state index >= 15 is 0 Å². The summed E-state index contributed by atoms with van der Waals surface area (Å²) in [5.41, 5.74) is 2.99. The molecule has 3 aromatic carbocycles. The molecule has 1 fully saturated rings. The Bertz CT molecular complexity index is 1610. The van der Waals surface area contributed by atoms with Crippen molar-refractivity contribution in [1.29, 1.82) is 0 Å². The summed E-state index contributed by atoms with van der Waals surface area (Å²) in [6.45, 7) is 1.80. The average molecular weight is 604 g/mol. The lowest BCUT2D eigenvalue weighted by Gasteiger charge is -2.22. The van der Waals surface area contributed by atoms with Gasteiger partial charge in [0.25, 0.3) is 11.5 Å². The van der Waals surface area contributed by atoms with E-state index in [9.17, 15) is 9.59 Å². The van der Waals surface area contributed by atoms with Crippen LogP contribution < -0.4 is 20.3 Å². The molecule has 0 bridgehead atoms. The van der Waals surface area contributed by atoms with Gasteiger partial charge in [0.2, 0.25) is 0 Å². The highest BCUT2D eigenvalue weighted by Crippen LogP contribution is 2.34. The molecule has 0 saturated heterocycles. The molecule has 0 atom stereocenters. The number of rotatable bonds is 8. The van der Waals surface area contributed by atoms with Crippen molar-refractivity contribution in [3.05, 3.63) is 92.4 Å². The van der Waals surface area contributed by atoms with E-state index in [0.29, 0.717) is 43.9 Å². The maximum Gasteiger partial charge on any atom is 0.282 e. The molecule has 1 aliphatic carbocycles. The van der Waals surface area contributed by atoms with Crippen LogP contribution in [0.3, 0.4) is 0 Å². The van der Waals surface area contributed by atoms with E-state index in [0.717, 1.165) is 31.2 Å². The zero-order valence-electron chi connectivity index (χ0n) is 22.5. The SMILES string of the molecule is COc1cc(C=Nn2c(C3CCCCC3)nc3ccccc3c2=O)c(Br)cc1OCC(=O)Nc1ccc(C)cc1. The van der Waals surface area contributed by atoms with Crippen molar-refractivity contribution in [3.8, 4) is 11.5 Å². The normalized spacial score (nSPS) is 14.0. The van der Waals surface area contributed by atoms with Crippen molar-refractivity contribution in [1.82, 2.24) is 9.66 Å². The molecule has 1 saturated carbocycles. The van der Waals surface area contributed by atoms with Gasteiger partial charge < -0.3 is 14.8 Å². The third-order valence-corrected chi connectivity index (χ3v) is 7.73. The Morgan fingerprint density at radius 2 is 1.85 bits per heavy atom. The van der Waals surface area contributed by atoms with E-state index < -0.39 is 0 Å². The lowest BCUT2D eigenvalue weighted by atomic mass is 9.88. The number of anilines is 1. The highest BCUT2D eigenvalue weighted by Gasteiger charge is 2.22. The van der Waals surface area contributed by atoms with E-state index in [-0.39, 0.29) is 24.0 Å². The smallest absolute Gasteiger partial charge is 0.282 e. The number of aryl methyl sites for hydroxylation is 1. The molecule has 1 heterocycles. The van der Waals surface area contributed by atoms with Crippen LogP contribution in [0.25, 0.3) is 10.9 Å². The minimum atomic E-state index is -0.286. The number of para-hydroxylation sites is 1. The fourth-order valence-electron chi connectivity index (χ4n) is 4.90. The average Bonchev–Trinajstić information content (AvgIpc) is 2.98. The molecule has 4 aromatic rings. The predicted molar refractivity (Wildman–Crippen MR) is 161 cm³/mol. The number of carbonyl (C=O) groups excluding carboxylic acids is 1. The van der Waals surface area contributed by atoms with Crippen molar-refractivity contribution in [2.45, 2.75) is 44.9 Å². The number of halogens is 1. The molecule has 1 N–H and O–H groups in total. The molecule has 8 nitrogen and oxygen atoms in total. The molecule has 5 rings (SSSR count). The molecule has 0 unspecified atom stereocenters. The number of nitrogens with one attached hydrogen (secondary N) is 1. The summed E-state index contributed by atoms with van der Waals surface area (Å²) in [7, 11) is 1.53. The fourth-order valence-corrected chi connectivity index (χ4v) is 5.32. The van der Waals surface area contributed by atoms with Gasteiger partial charge in [-0.3, -0.25) is 9.59 Å². The Morgan fingerprint density at radius 3 is 2.60 bits per heavy atom. The molecule has 1 aliphatic rings. The predicted octanol–water partition coefficient (Wildman–Crippen LogP) is 6.42. The van der Waals surface area contributed by atoms with Gasteiger partial charge in [-0.05, 0) is 72.1 Å². The fraction of sp³-hybridized carbons (Fsp3) is 0.290. The number of aromatic nitrogens is 2. The zero-order valence-corrected chi connectivity index (χ0v) is 24.1. The zero-order chi connectivity index (χ0) is 28.1. The maximum atomic E-state index is 13.5. The van der Waals surface area contributed by atoms with Crippen LogP contribution in [-0.2, 0) is 4.79 Å². The number of methoxy groups -OCH3 is 1. The van der Waals surface area contributed by atoms with Crippen LogP contribution >= 0.6 is 15.9 Å². The Kier molecular flexibility index (Phi) is 8.60. The van der Waals surface area contributed by atoms with Crippen molar-refractivity contribution >= 4 is 44.6 Å². The first kappa shape index (κ1) is 27.6. The Balaban J connectivity index is 1.39. The minimum Gasteiger partial charge on any atom is -0.493 e. The Hall–Kier alpha value is -3.98. The number of ether oxygens (including phenoxy) is 2. The van der Waals surface area contributed by atoms with Gasteiger partial charge in [0.05, 0.1) is 24.2 Å². The molecular weight excluding hydrogens is 572 g/mol. The van der Waals surface area contributed by atoms with Crippen molar-refractivity contribution < 1.29 is 14.3 Å². The minimum absolute atomic E-state index is 0.183. The van der Waals surface area contributed by atoms with Crippen LogP contribution in [0.5, 0.6) is 11.5 Å². The van der Waals surface area contributed by atoms with Gasteiger partial charge in [0.15, 0.2) is 18.1 Å². The van der Waals surface area contributed by atoms with Crippen molar-refractivity contribution in [2.75, 3.05) is 19.0 Å². The van der Waals surface area contributed by atoms with Crippen LogP contribution in [0.1, 0.15) is 55.0 Å². The number of fused-ring (bicyclic) bond motifs is 1. The van der Waals surface area contributed by atoms with Crippen molar-refractivity contribution in [3.63, 3.8) is 0 Å². The third kappa shape index (κ3) is 6.25.